The van der Waals surface area contributed by atoms with Gasteiger partial charge in [0.05, 0.1) is 0 Å². The van der Waals surface area contributed by atoms with Crippen molar-refractivity contribution in [1.29, 1.82) is 0 Å². The van der Waals surface area contributed by atoms with E-state index in [1.165, 1.54) is 0 Å². The number of aromatic nitrogens is 4. The number of carbonyl (C=O) groups is 2. The van der Waals surface area contributed by atoms with Gasteiger partial charge in [0.15, 0.2) is 11.5 Å². The average Bonchev–Trinajstić information content (AvgIpc) is 3.60. The summed E-state index contributed by atoms with van der Waals surface area (Å²) in [6.45, 7) is 5.83. The van der Waals surface area contributed by atoms with Crippen LogP contribution in [-0.2, 0) is 16.0 Å². The molecular weight excluding hydrogens is 510 g/mol. The number of benzene rings is 1. The van der Waals surface area contributed by atoms with E-state index >= 15 is 0 Å². The van der Waals surface area contributed by atoms with Crippen LogP contribution in [0.5, 0.6) is 11.5 Å². The number of halogens is 1. The topological polar surface area (TPSA) is 115 Å². The third kappa shape index (κ3) is 5.83. The molecule has 2 aliphatic rings. The van der Waals surface area contributed by atoms with Crippen molar-refractivity contribution in [2.75, 3.05) is 37.9 Å². The van der Waals surface area contributed by atoms with Crippen molar-refractivity contribution in [3.63, 3.8) is 0 Å². The summed E-state index contributed by atoms with van der Waals surface area (Å²) in [4.78, 5) is 43.1. The Morgan fingerprint density at radius 1 is 1.16 bits per heavy atom. The molecule has 1 unspecified atom stereocenters. The quantitative estimate of drug-likeness (QED) is 0.434. The second kappa shape index (κ2) is 11.3. The van der Waals surface area contributed by atoms with Crippen LogP contribution in [0.3, 0.4) is 0 Å². The molecule has 5 rings (SSSR count). The van der Waals surface area contributed by atoms with E-state index in [-0.39, 0.29) is 36.2 Å². The van der Waals surface area contributed by atoms with E-state index in [9.17, 15) is 9.59 Å². The molecule has 12 heteroatoms. The van der Waals surface area contributed by atoms with Gasteiger partial charge >= 0.3 is 0 Å². The summed E-state index contributed by atoms with van der Waals surface area (Å²) in [7, 11) is 0. The van der Waals surface area contributed by atoms with Crippen molar-refractivity contribution in [3.05, 3.63) is 53.7 Å². The largest absolute Gasteiger partial charge is 0.454 e. The molecule has 2 aromatic heterocycles. The summed E-state index contributed by atoms with van der Waals surface area (Å²) in [5.41, 5.74) is 1.02. The van der Waals surface area contributed by atoms with Crippen molar-refractivity contribution in [1.82, 2.24) is 29.7 Å². The number of hydrogen-bond acceptors (Lipinski definition) is 8. The lowest BCUT2D eigenvalue weighted by molar-refractivity contribution is -0.141. The van der Waals surface area contributed by atoms with Crippen LogP contribution in [0.2, 0.25) is 5.15 Å². The molecule has 0 spiro atoms. The van der Waals surface area contributed by atoms with E-state index in [1.54, 1.807) is 34.3 Å². The Bertz CT molecular complexity index is 1300. The number of carbonyl (C=O) groups excluding carboxylic acids is 2. The lowest BCUT2D eigenvalue weighted by Crippen LogP contribution is -2.61. The predicted octanol–water partition coefficient (Wildman–Crippen LogP) is 2.47. The highest BCUT2D eigenvalue weighted by atomic mass is 35.5. The highest BCUT2D eigenvalue weighted by Crippen LogP contribution is 2.32. The normalized spacial score (nSPS) is 16.7. The zero-order valence-electron chi connectivity index (χ0n) is 21.3. The predicted molar refractivity (Wildman–Crippen MR) is 141 cm³/mol. The van der Waals surface area contributed by atoms with Crippen LogP contribution >= 0.6 is 11.6 Å². The third-order valence-electron chi connectivity index (χ3n) is 6.47. The second-order valence-corrected chi connectivity index (χ2v) is 10.1. The van der Waals surface area contributed by atoms with Crippen LogP contribution < -0.4 is 19.7 Å². The molecule has 1 atom stereocenters. The van der Waals surface area contributed by atoms with Crippen molar-refractivity contribution in [2.24, 2.45) is 5.92 Å². The highest BCUT2D eigenvalue weighted by Gasteiger charge is 2.36. The molecule has 38 heavy (non-hydrogen) atoms. The van der Waals surface area contributed by atoms with Crippen LogP contribution in [0.25, 0.3) is 5.95 Å². The second-order valence-electron chi connectivity index (χ2n) is 9.69. The number of ether oxygens (including phenoxy) is 2. The summed E-state index contributed by atoms with van der Waals surface area (Å²) < 4.78 is 12.5. The van der Waals surface area contributed by atoms with Gasteiger partial charge in [0.1, 0.15) is 23.3 Å². The zero-order chi connectivity index (χ0) is 26.6. The first-order chi connectivity index (χ1) is 18.4. The van der Waals surface area contributed by atoms with Crippen LogP contribution in [0, 0.1) is 5.92 Å². The van der Waals surface area contributed by atoms with E-state index in [1.807, 2.05) is 36.9 Å². The average molecular weight is 540 g/mol. The molecule has 11 nitrogen and oxygen atoms in total. The fourth-order valence-corrected chi connectivity index (χ4v) is 4.75. The van der Waals surface area contributed by atoms with Crippen molar-refractivity contribution >= 4 is 29.2 Å². The SMILES string of the molecule is CC(C)CC(=O)N1CCN(c2cc(Cl)nc(-n3ccnc3)n2)CC1C(=O)NCCc1ccc2c(c1)OCO2. The van der Waals surface area contributed by atoms with Gasteiger partial charge in [-0.1, -0.05) is 31.5 Å². The highest BCUT2D eigenvalue weighted by molar-refractivity contribution is 6.29. The van der Waals surface area contributed by atoms with Gasteiger partial charge in [-0.2, -0.15) is 4.98 Å². The van der Waals surface area contributed by atoms with Gasteiger partial charge in [0.2, 0.25) is 24.6 Å². The molecule has 2 aliphatic heterocycles. The van der Waals surface area contributed by atoms with Crippen LogP contribution in [0.1, 0.15) is 25.8 Å². The summed E-state index contributed by atoms with van der Waals surface area (Å²) in [5, 5.41) is 3.30. The van der Waals surface area contributed by atoms with E-state index in [0.717, 1.165) is 11.3 Å². The van der Waals surface area contributed by atoms with Gasteiger partial charge in [0, 0.05) is 51.1 Å². The molecule has 0 aliphatic carbocycles. The van der Waals surface area contributed by atoms with E-state index in [0.29, 0.717) is 50.0 Å². The molecule has 3 aromatic rings. The minimum absolute atomic E-state index is 0.0320. The van der Waals surface area contributed by atoms with Gasteiger partial charge < -0.3 is 24.6 Å². The molecule has 200 valence electrons. The molecular formula is C26H30ClN7O4. The van der Waals surface area contributed by atoms with Gasteiger partial charge in [-0.15, -0.1) is 0 Å². The first-order valence-corrected chi connectivity index (χ1v) is 13.0. The molecule has 1 fully saturated rings. The third-order valence-corrected chi connectivity index (χ3v) is 6.66. The number of nitrogens with zero attached hydrogens (tertiary/aromatic N) is 6. The van der Waals surface area contributed by atoms with Crippen molar-refractivity contribution < 1.29 is 19.1 Å². The van der Waals surface area contributed by atoms with E-state index < -0.39 is 6.04 Å². The maximum absolute atomic E-state index is 13.4. The molecule has 4 heterocycles. The van der Waals surface area contributed by atoms with E-state index in [2.05, 4.69) is 20.3 Å². The molecule has 1 saturated heterocycles. The van der Waals surface area contributed by atoms with E-state index in [4.69, 9.17) is 21.1 Å². The van der Waals surface area contributed by atoms with Crippen LogP contribution in [0.15, 0.2) is 43.0 Å². The molecule has 1 N–H and O–H groups in total. The molecule has 0 saturated carbocycles. The number of anilines is 1. The van der Waals surface area contributed by atoms with Gasteiger partial charge in [0.25, 0.3) is 0 Å². The molecule has 0 radical (unpaired) electrons. The maximum Gasteiger partial charge on any atom is 0.244 e. The maximum atomic E-state index is 13.4. The molecule has 1 aromatic carbocycles. The van der Waals surface area contributed by atoms with Gasteiger partial charge in [-0.3, -0.25) is 14.2 Å². The number of piperazine rings is 1. The Morgan fingerprint density at radius 2 is 2.00 bits per heavy atom. The first kappa shape index (κ1) is 25.8. The number of hydrogen-bond donors (Lipinski definition) is 1. The summed E-state index contributed by atoms with van der Waals surface area (Å²) >= 11 is 6.31. The lowest BCUT2D eigenvalue weighted by Gasteiger charge is -2.41. The number of imidazole rings is 1. The van der Waals surface area contributed by atoms with Crippen LogP contribution in [-0.4, -0.2) is 75.2 Å². The number of fused-ring (bicyclic) bond motifs is 1. The van der Waals surface area contributed by atoms with Crippen molar-refractivity contribution in [3.8, 4) is 17.4 Å². The van der Waals surface area contributed by atoms with Gasteiger partial charge in [-0.25, -0.2) is 9.97 Å². The summed E-state index contributed by atoms with van der Waals surface area (Å²) in [6.07, 6.45) is 5.95. The fourth-order valence-electron chi connectivity index (χ4n) is 4.57. The smallest absolute Gasteiger partial charge is 0.244 e. The summed E-state index contributed by atoms with van der Waals surface area (Å²) in [5.74, 6) is 2.35. The zero-order valence-corrected chi connectivity index (χ0v) is 22.1. The standard InChI is InChI=1S/C26H30ClN7O4/c1-17(2)11-24(35)34-10-9-32(23-13-22(27)30-26(31-23)33-8-7-28-15-33)14-19(34)25(36)29-6-5-18-3-4-20-21(12-18)38-16-37-20/h3-4,7-8,12-13,15,17,19H,5-6,9-11,14,16H2,1-2H3,(H,29,36). The summed E-state index contributed by atoms with van der Waals surface area (Å²) in [6, 6.07) is 6.75. The minimum atomic E-state index is -0.669. The Hall–Kier alpha value is -3.86. The first-order valence-electron chi connectivity index (χ1n) is 12.6. The van der Waals surface area contributed by atoms with Crippen molar-refractivity contribution in [2.45, 2.75) is 32.7 Å². The Morgan fingerprint density at radius 3 is 2.79 bits per heavy atom. The Kier molecular flexibility index (Phi) is 7.64. The molecule has 0 bridgehead atoms. The van der Waals surface area contributed by atoms with Crippen LogP contribution in [0.4, 0.5) is 5.82 Å². The Balaban J connectivity index is 1.30. The number of amides is 2. The number of rotatable bonds is 8. The lowest BCUT2D eigenvalue weighted by atomic mass is 10.1. The minimum Gasteiger partial charge on any atom is -0.454 e. The molecule has 2 amide bonds. The fraction of sp³-hybridized carbons (Fsp3) is 0.423. The monoisotopic (exact) mass is 539 g/mol. The Labute approximate surface area is 225 Å². The van der Waals surface area contributed by atoms with Gasteiger partial charge in [-0.05, 0) is 30.0 Å². The number of nitrogens with one attached hydrogen (secondary N) is 1.